The third kappa shape index (κ3) is 8.77. The Hall–Kier alpha value is -2.53. The van der Waals surface area contributed by atoms with E-state index in [2.05, 4.69) is 0 Å². The number of ketones is 1. The Morgan fingerprint density at radius 2 is 1.80 bits per heavy atom. The van der Waals surface area contributed by atoms with Crippen molar-refractivity contribution in [3.63, 3.8) is 0 Å². The Morgan fingerprint density at radius 1 is 1.08 bits per heavy atom. The van der Waals surface area contributed by atoms with Crippen molar-refractivity contribution in [2.45, 2.75) is 26.7 Å². The SMILES string of the molecule is CCOc1cc(CCC(C)=O)ccc1O.OCCOc1ccccc1. The smallest absolute Gasteiger partial charge is 0.161 e. The van der Waals surface area contributed by atoms with E-state index in [0.717, 1.165) is 11.3 Å². The Morgan fingerprint density at radius 3 is 2.40 bits per heavy atom. The summed E-state index contributed by atoms with van der Waals surface area (Å²) in [4.78, 5) is 10.8. The normalized spacial score (nSPS) is 9.72. The highest BCUT2D eigenvalue weighted by Crippen LogP contribution is 2.27. The van der Waals surface area contributed by atoms with Crippen LogP contribution in [-0.2, 0) is 11.2 Å². The molecular weight excluding hydrogens is 320 g/mol. The molecule has 0 saturated carbocycles. The number of hydrogen-bond donors (Lipinski definition) is 2. The molecule has 0 saturated heterocycles. The summed E-state index contributed by atoms with van der Waals surface area (Å²) in [5, 5.41) is 17.9. The molecule has 25 heavy (non-hydrogen) atoms. The lowest BCUT2D eigenvalue weighted by molar-refractivity contribution is -0.116. The van der Waals surface area contributed by atoms with Gasteiger partial charge >= 0.3 is 0 Å². The zero-order valence-corrected chi connectivity index (χ0v) is 14.8. The van der Waals surface area contributed by atoms with Crippen LogP contribution in [0.3, 0.4) is 0 Å². The lowest BCUT2D eigenvalue weighted by Crippen LogP contribution is -2.00. The lowest BCUT2D eigenvalue weighted by atomic mass is 10.1. The molecule has 0 aromatic heterocycles. The molecule has 2 aromatic rings. The van der Waals surface area contributed by atoms with Crippen molar-refractivity contribution in [2.75, 3.05) is 19.8 Å². The number of para-hydroxylation sites is 1. The van der Waals surface area contributed by atoms with Crippen LogP contribution in [0, 0.1) is 0 Å². The van der Waals surface area contributed by atoms with Gasteiger partial charge in [0.25, 0.3) is 0 Å². The van der Waals surface area contributed by atoms with Gasteiger partial charge in [-0.2, -0.15) is 0 Å². The third-order valence-corrected chi connectivity index (χ3v) is 3.19. The predicted octanol–water partition coefficient (Wildman–Crippen LogP) is 3.37. The summed E-state index contributed by atoms with van der Waals surface area (Å²) in [7, 11) is 0. The number of carbonyl (C=O) groups excluding carboxylic acids is 1. The number of phenols is 1. The molecule has 0 atom stereocenters. The van der Waals surface area contributed by atoms with Crippen LogP contribution >= 0.6 is 0 Å². The summed E-state index contributed by atoms with van der Waals surface area (Å²) >= 11 is 0. The first kappa shape index (κ1) is 20.5. The van der Waals surface area contributed by atoms with Crippen LogP contribution in [0.1, 0.15) is 25.8 Å². The molecule has 0 unspecified atom stereocenters. The minimum absolute atomic E-state index is 0.0644. The molecule has 5 heteroatoms. The van der Waals surface area contributed by atoms with Crippen LogP contribution in [0.4, 0.5) is 0 Å². The molecule has 136 valence electrons. The molecule has 0 amide bonds. The van der Waals surface area contributed by atoms with E-state index in [1.54, 1.807) is 25.1 Å². The van der Waals surface area contributed by atoms with Crippen molar-refractivity contribution in [2.24, 2.45) is 0 Å². The van der Waals surface area contributed by atoms with Gasteiger partial charge in [-0.25, -0.2) is 0 Å². The molecule has 2 aromatic carbocycles. The van der Waals surface area contributed by atoms with E-state index in [4.69, 9.17) is 14.6 Å². The minimum Gasteiger partial charge on any atom is -0.504 e. The maximum atomic E-state index is 10.8. The van der Waals surface area contributed by atoms with E-state index in [1.807, 2.05) is 37.3 Å². The highest BCUT2D eigenvalue weighted by Gasteiger charge is 2.04. The Bertz CT molecular complexity index is 625. The maximum absolute atomic E-state index is 10.8. The number of ether oxygens (including phenoxy) is 2. The van der Waals surface area contributed by atoms with Gasteiger partial charge in [0.2, 0.25) is 0 Å². The number of Topliss-reactive ketones (excluding diaryl/α,β-unsaturated/α-hetero) is 1. The first-order chi connectivity index (χ1) is 12.1. The zero-order valence-electron chi connectivity index (χ0n) is 14.8. The number of rotatable bonds is 8. The van der Waals surface area contributed by atoms with Crippen molar-refractivity contribution in [3.8, 4) is 17.2 Å². The number of hydrogen-bond acceptors (Lipinski definition) is 5. The van der Waals surface area contributed by atoms with E-state index in [9.17, 15) is 9.90 Å². The van der Waals surface area contributed by atoms with E-state index in [0.29, 0.717) is 31.8 Å². The number of carbonyl (C=O) groups is 1. The summed E-state index contributed by atoms with van der Waals surface area (Å²) < 4.78 is 10.4. The summed E-state index contributed by atoms with van der Waals surface area (Å²) in [5.74, 6) is 1.60. The van der Waals surface area contributed by atoms with Crippen molar-refractivity contribution in [3.05, 3.63) is 54.1 Å². The fourth-order valence-corrected chi connectivity index (χ4v) is 1.99. The number of aliphatic hydroxyl groups excluding tert-OH is 1. The topological polar surface area (TPSA) is 76.0 Å². The fourth-order valence-electron chi connectivity index (χ4n) is 1.99. The van der Waals surface area contributed by atoms with Crippen molar-refractivity contribution < 1.29 is 24.5 Å². The number of benzene rings is 2. The molecule has 2 N–H and O–H groups in total. The van der Waals surface area contributed by atoms with Crippen molar-refractivity contribution >= 4 is 5.78 Å². The molecule has 0 bridgehead atoms. The minimum atomic E-state index is 0.0644. The van der Waals surface area contributed by atoms with Gasteiger partial charge in [0.05, 0.1) is 13.2 Å². The highest BCUT2D eigenvalue weighted by atomic mass is 16.5. The summed E-state index contributed by atoms with van der Waals surface area (Å²) in [6.45, 7) is 4.38. The van der Waals surface area contributed by atoms with Crippen molar-refractivity contribution in [1.82, 2.24) is 0 Å². The number of aryl methyl sites for hydroxylation is 1. The molecule has 0 aliphatic heterocycles. The maximum Gasteiger partial charge on any atom is 0.161 e. The van der Waals surface area contributed by atoms with E-state index in [1.165, 1.54) is 0 Å². The molecule has 0 fully saturated rings. The van der Waals surface area contributed by atoms with E-state index in [-0.39, 0.29) is 18.1 Å². The second-order valence-electron chi connectivity index (χ2n) is 5.32. The van der Waals surface area contributed by atoms with Crippen LogP contribution in [0.25, 0.3) is 0 Å². The average molecular weight is 346 g/mol. The van der Waals surface area contributed by atoms with Gasteiger partial charge in [-0.15, -0.1) is 0 Å². The van der Waals surface area contributed by atoms with Gasteiger partial charge in [-0.3, -0.25) is 0 Å². The zero-order chi connectivity index (χ0) is 18.5. The fraction of sp³-hybridized carbons (Fsp3) is 0.350. The number of phenolic OH excluding ortho intramolecular Hbond substituents is 1. The quantitative estimate of drug-likeness (QED) is 0.766. The predicted molar refractivity (Wildman–Crippen MR) is 97.3 cm³/mol. The largest absolute Gasteiger partial charge is 0.504 e. The van der Waals surface area contributed by atoms with Gasteiger partial charge in [0, 0.05) is 6.42 Å². The first-order valence-electron chi connectivity index (χ1n) is 8.29. The lowest BCUT2D eigenvalue weighted by Gasteiger charge is -2.07. The van der Waals surface area contributed by atoms with Crippen LogP contribution in [0.15, 0.2) is 48.5 Å². The van der Waals surface area contributed by atoms with Gasteiger partial charge < -0.3 is 24.5 Å². The van der Waals surface area contributed by atoms with Crippen LogP contribution in [0.5, 0.6) is 17.2 Å². The molecule has 0 spiro atoms. The van der Waals surface area contributed by atoms with E-state index >= 15 is 0 Å². The van der Waals surface area contributed by atoms with E-state index < -0.39 is 0 Å². The molecule has 0 aliphatic rings. The monoisotopic (exact) mass is 346 g/mol. The van der Waals surface area contributed by atoms with Crippen molar-refractivity contribution in [1.29, 1.82) is 0 Å². The standard InChI is InChI=1S/C12H16O3.C8H10O2/c1-3-15-12-8-10(5-4-9(2)13)6-7-11(12)14;9-6-7-10-8-4-2-1-3-5-8/h6-8,14H,3-5H2,1-2H3;1-5,9H,6-7H2. The highest BCUT2D eigenvalue weighted by molar-refractivity contribution is 5.75. The Labute approximate surface area is 148 Å². The van der Waals surface area contributed by atoms with Gasteiger partial charge in [0.15, 0.2) is 11.5 Å². The molecule has 2 rings (SSSR count). The number of aliphatic hydroxyl groups is 1. The van der Waals surface area contributed by atoms with Crippen LogP contribution < -0.4 is 9.47 Å². The molecule has 0 heterocycles. The summed E-state index contributed by atoms with van der Waals surface area (Å²) in [5.41, 5.74) is 1.01. The molecule has 0 aliphatic carbocycles. The van der Waals surface area contributed by atoms with Gasteiger partial charge in [-0.1, -0.05) is 24.3 Å². The Balaban J connectivity index is 0.000000271. The second kappa shape index (κ2) is 11.9. The average Bonchev–Trinajstić information content (AvgIpc) is 2.62. The summed E-state index contributed by atoms with van der Waals surface area (Å²) in [6, 6.07) is 14.6. The third-order valence-electron chi connectivity index (χ3n) is 3.19. The summed E-state index contributed by atoms with van der Waals surface area (Å²) in [6.07, 6.45) is 1.21. The van der Waals surface area contributed by atoms with Crippen LogP contribution in [0.2, 0.25) is 0 Å². The Kier molecular flexibility index (Phi) is 9.78. The van der Waals surface area contributed by atoms with Gasteiger partial charge in [0.1, 0.15) is 18.1 Å². The molecule has 0 radical (unpaired) electrons. The molecule has 5 nitrogen and oxygen atoms in total. The molecular formula is C20H26O5. The second-order valence-corrected chi connectivity index (χ2v) is 5.32. The van der Waals surface area contributed by atoms with Gasteiger partial charge in [-0.05, 0) is 50.1 Å². The van der Waals surface area contributed by atoms with Crippen LogP contribution in [-0.4, -0.2) is 35.8 Å². The first-order valence-corrected chi connectivity index (χ1v) is 8.29. The number of aromatic hydroxyl groups is 1.